The van der Waals surface area contributed by atoms with E-state index >= 15 is 0 Å². The molecule has 0 amide bonds. The van der Waals surface area contributed by atoms with Gasteiger partial charge in [-0.25, -0.2) is 4.98 Å². The van der Waals surface area contributed by atoms with Crippen LogP contribution in [0.5, 0.6) is 5.88 Å². The van der Waals surface area contributed by atoms with Crippen molar-refractivity contribution in [2.24, 2.45) is 0 Å². The maximum atomic E-state index is 9.68. The van der Waals surface area contributed by atoms with Gasteiger partial charge in [0, 0.05) is 6.07 Å². The summed E-state index contributed by atoms with van der Waals surface area (Å²) in [6.45, 7) is 7.62. The Balaban J connectivity index is 2.33. The molecule has 0 aromatic carbocycles. The summed E-state index contributed by atoms with van der Waals surface area (Å²) in [6.07, 6.45) is 1.68. The average Bonchev–Trinajstić information content (AvgIpc) is 2.66. The highest BCUT2D eigenvalue weighted by molar-refractivity contribution is 6.55. The van der Waals surface area contributed by atoms with Gasteiger partial charge in [-0.05, 0) is 45.3 Å². The molecule has 1 aliphatic rings. The van der Waals surface area contributed by atoms with Gasteiger partial charge >= 0.3 is 7.12 Å². The molecule has 2 heterocycles. The van der Waals surface area contributed by atoms with E-state index in [0.717, 1.165) is 0 Å². The Morgan fingerprint density at radius 1 is 1.32 bits per heavy atom. The van der Waals surface area contributed by atoms with Crippen LogP contribution in [0.4, 0.5) is 5.69 Å². The first-order chi connectivity index (χ1) is 10.2. The summed E-state index contributed by atoms with van der Waals surface area (Å²) in [5.74, 6) is 0.451. The molecule has 0 atom stereocenters. The second kappa shape index (κ2) is 5.91. The third-order valence-electron chi connectivity index (χ3n) is 4.20. The highest BCUT2D eigenvalue weighted by Crippen LogP contribution is 2.38. The van der Waals surface area contributed by atoms with Crippen LogP contribution in [0.3, 0.4) is 0 Å². The van der Waals surface area contributed by atoms with E-state index in [-0.39, 0.29) is 6.61 Å². The number of hydrogen-bond donors (Lipinski definition) is 2. The highest BCUT2D eigenvalue weighted by atomic mass is 16.7. The number of rotatable bonds is 4. The molecular weight excluding hydrogens is 283 g/mol. The Morgan fingerprint density at radius 3 is 2.41 bits per heavy atom. The van der Waals surface area contributed by atoms with Gasteiger partial charge in [-0.3, -0.25) is 0 Å². The Kier molecular flexibility index (Phi) is 4.51. The van der Waals surface area contributed by atoms with E-state index in [9.17, 15) is 5.11 Å². The summed E-state index contributed by atoms with van der Waals surface area (Å²) < 4.78 is 17.0. The summed E-state index contributed by atoms with van der Waals surface area (Å²) in [6, 6.07) is 3.39. The summed E-state index contributed by atoms with van der Waals surface area (Å²) in [5, 5.41) is 9.68. The molecule has 0 radical (unpaired) electrons. The summed E-state index contributed by atoms with van der Waals surface area (Å²) in [4.78, 5) is 4.28. The molecule has 3 N–H and O–H groups in total. The van der Waals surface area contributed by atoms with E-state index in [0.29, 0.717) is 22.7 Å². The van der Waals surface area contributed by atoms with Crippen molar-refractivity contribution in [2.75, 3.05) is 19.5 Å². The monoisotopic (exact) mass is 306 g/mol. The van der Waals surface area contributed by atoms with Crippen LogP contribution < -0.4 is 10.5 Å². The minimum atomic E-state index is -0.637. The minimum absolute atomic E-state index is 0.213. The van der Waals surface area contributed by atoms with E-state index in [1.807, 2.05) is 27.7 Å². The van der Waals surface area contributed by atoms with Gasteiger partial charge in [0.2, 0.25) is 5.88 Å². The maximum absolute atomic E-state index is 9.68. The molecule has 0 saturated carbocycles. The van der Waals surface area contributed by atoms with E-state index in [2.05, 4.69) is 4.98 Å². The minimum Gasteiger partial charge on any atom is -0.481 e. The standard InChI is InChI=1S/C15H23BN2O4/c1-14(2)15(3,4)22-16(21-14)10(9-19)8-12-11(17)6-7-13(18-12)20-5/h6-8,19H,9,17H2,1-5H3. The lowest BCUT2D eigenvalue weighted by atomic mass is 9.78. The van der Waals surface area contributed by atoms with Crippen molar-refractivity contribution in [1.82, 2.24) is 4.98 Å². The van der Waals surface area contributed by atoms with Crippen molar-refractivity contribution in [3.63, 3.8) is 0 Å². The molecule has 6 nitrogen and oxygen atoms in total. The van der Waals surface area contributed by atoms with Crippen molar-refractivity contribution < 1.29 is 19.2 Å². The fourth-order valence-electron chi connectivity index (χ4n) is 2.05. The molecule has 1 aromatic heterocycles. The molecule has 0 aliphatic carbocycles. The number of aliphatic hydroxyl groups is 1. The Labute approximate surface area is 131 Å². The van der Waals surface area contributed by atoms with Gasteiger partial charge in [0.05, 0.1) is 36.3 Å². The third kappa shape index (κ3) is 3.11. The lowest BCUT2D eigenvalue weighted by Crippen LogP contribution is -2.41. The fourth-order valence-corrected chi connectivity index (χ4v) is 2.05. The third-order valence-corrected chi connectivity index (χ3v) is 4.20. The molecule has 0 spiro atoms. The fraction of sp³-hybridized carbons (Fsp3) is 0.533. The van der Waals surface area contributed by atoms with Crippen LogP contribution >= 0.6 is 0 Å². The number of hydrogen-bond acceptors (Lipinski definition) is 6. The summed E-state index contributed by atoms with van der Waals surface area (Å²) >= 11 is 0. The lowest BCUT2D eigenvalue weighted by molar-refractivity contribution is 0.00578. The molecule has 0 bridgehead atoms. The Bertz CT molecular complexity index is 571. The van der Waals surface area contributed by atoms with Crippen molar-refractivity contribution in [3.05, 3.63) is 23.3 Å². The van der Waals surface area contributed by atoms with Crippen LogP contribution in [-0.2, 0) is 9.31 Å². The number of ether oxygens (including phenoxy) is 1. The molecule has 120 valence electrons. The average molecular weight is 306 g/mol. The van der Waals surface area contributed by atoms with Gasteiger partial charge < -0.3 is 24.9 Å². The van der Waals surface area contributed by atoms with Crippen LogP contribution in [-0.4, -0.2) is 42.1 Å². The first kappa shape index (κ1) is 16.8. The Morgan fingerprint density at radius 2 is 1.91 bits per heavy atom. The molecule has 7 heteroatoms. The Hall–Kier alpha value is -1.57. The van der Waals surface area contributed by atoms with Crippen molar-refractivity contribution >= 4 is 18.9 Å². The predicted octanol–water partition coefficient (Wildman–Crippen LogP) is 1.68. The van der Waals surface area contributed by atoms with E-state index < -0.39 is 18.3 Å². The number of pyridine rings is 1. The molecule has 1 aliphatic heterocycles. The largest absolute Gasteiger partial charge is 0.492 e. The van der Waals surface area contributed by atoms with Crippen LogP contribution in [0.2, 0.25) is 0 Å². The van der Waals surface area contributed by atoms with Crippen LogP contribution in [0.1, 0.15) is 33.4 Å². The molecule has 1 saturated heterocycles. The maximum Gasteiger partial charge on any atom is 0.492 e. The molecular formula is C15H23BN2O4. The van der Waals surface area contributed by atoms with Gasteiger partial charge in [0.15, 0.2) is 0 Å². The second-order valence-corrected chi connectivity index (χ2v) is 6.29. The zero-order chi connectivity index (χ0) is 16.5. The quantitative estimate of drug-likeness (QED) is 0.823. The summed E-state index contributed by atoms with van der Waals surface area (Å²) in [5.41, 5.74) is 6.54. The van der Waals surface area contributed by atoms with E-state index in [4.69, 9.17) is 19.8 Å². The molecule has 0 unspecified atom stereocenters. The SMILES string of the molecule is COc1ccc(N)c(C=C(CO)B2OC(C)(C)C(C)(C)O2)n1. The number of anilines is 1. The topological polar surface area (TPSA) is 86.8 Å². The first-order valence-electron chi connectivity index (χ1n) is 7.17. The smallest absolute Gasteiger partial charge is 0.481 e. The van der Waals surface area contributed by atoms with Gasteiger partial charge in [-0.2, -0.15) is 0 Å². The first-order valence-corrected chi connectivity index (χ1v) is 7.17. The number of aliphatic hydroxyl groups excluding tert-OH is 1. The normalized spacial score (nSPS) is 20.3. The van der Waals surface area contributed by atoms with Crippen molar-refractivity contribution in [1.29, 1.82) is 0 Å². The van der Waals surface area contributed by atoms with Crippen LogP contribution in [0.15, 0.2) is 17.6 Å². The lowest BCUT2D eigenvalue weighted by Gasteiger charge is -2.32. The van der Waals surface area contributed by atoms with E-state index in [1.54, 1.807) is 18.2 Å². The number of nitrogens with two attached hydrogens (primary N) is 1. The summed E-state index contributed by atoms with van der Waals surface area (Å²) in [7, 11) is 0.898. The van der Waals surface area contributed by atoms with Gasteiger partial charge in [-0.1, -0.05) is 0 Å². The van der Waals surface area contributed by atoms with Gasteiger partial charge in [0.25, 0.3) is 0 Å². The van der Waals surface area contributed by atoms with Gasteiger partial charge in [-0.15, -0.1) is 0 Å². The number of nitrogen functional groups attached to an aromatic ring is 1. The van der Waals surface area contributed by atoms with Crippen LogP contribution in [0.25, 0.3) is 6.08 Å². The van der Waals surface area contributed by atoms with Crippen LogP contribution in [0, 0.1) is 0 Å². The highest BCUT2D eigenvalue weighted by Gasteiger charge is 2.52. The number of methoxy groups -OCH3 is 1. The number of nitrogens with zero attached hydrogens (tertiary/aromatic N) is 1. The number of aromatic nitrogens is 1. The zero-order valence-electron chi connectivity index (χ0n) is 13.7. The molecule has 1 aromatic rings. The molecule has 22 heavy (non-hydrogen) atoms. The van der Waals surface area contributed by atoms with Crippen molar-refractivity contribution in [3.8, 4) is 5.88 Å². The second-order valence-electron chi connectivity index (χ2n) is 6.29. The molecule has 2 rings (SSSR count). The van der Waals surface area contributed by atoms with Gasteiger partial charge in [0.1, 0.15) is 0 Å². The molecule has 1 fully saturated rings. The predicted molar refractivity (Wildman–Crippen MR) is 86.3 cm³/mol. The van der Waals surface area contributed by atoms with Crippen molar-refractivity contribution in [2.45, 2.75) is 38.9 Å². The zero-order valence-corrected chi connectivity index (χ0v) is 13.7. The van der Waals surface area contributed by atoms with E-state index in [1.165, 1.54) is 7.11 Å².